The lowest BCUT2D eigenvalue weighted by atomic mass is 10.0. The lowest BCUT2D eigenvalue weighted by Gasteiger charge is -2.29. The second-order valence-corrected chi connectivity index (χ2v) is 5.50. The molecule has 3 nitrogen and oxygen atoms in total. The third-order valence-electron chi connectivity index (χ3n) is 3.47. The Labute approximate surface area is 125 Å². The molecule has 0 fully saturated rings. The largest absolute Gasteiger partial charge is 0.308 e. The van der Waals surface area contributed by atoms with Crippen molar-refractivity contribution in [1.29, 1.82) is 0 Å². The highest BCUT2D eigenvalue weighted by Gasteiger charge is 2.24. The van der Waals surface area contributed by atoms with Crippen molar-refractivity contribution in [3.05, 3.63) is 35.4 Å². The number of hydrogen-bond acceptors (Lipinski definition) is 3. The second-order valence-electron chi connectivity index (χ2n) is 5.50. The van der Waals surface area contributed by atoms with Crippen LogP contribution in [0.5, 0.6) is 0 Å². The van der Waals surface area contributed by atoms with Crippen LogP contribution in [0.1, 0.15) is 30.6 Å². The summed E-state index contributed by atoms with van der Waals surface area (Å²) in [6.45, 7) is 6.14. The molecule has 0 spiro atoms. The molecule has 0 saturated carbocycles. The first-order chi connectivity index (χ1) is 9.86. The summed E-state index contributed by atoms with van der Waals surface area (Å²) in [6.07, 6.45) is 0.914. The Morgan fingerprint density at radius 2 is 1.86 bits per heavy atom. The van der Waals surface area contributed by atoms with Gasteiger partial charge in [0.15, 0.2) is 5.78 Å². The molecule has 0 N–H and O–H groups in total. The van der Waals surface area contributed by atoms with Gasteiger partial charge >= 0.3 is 0 Å². The van der Waals surface area contributed by atoms with Gasteiger partial charge in [-0.15, -0.1) is 0 Å². The van der Waals surface area contributed by atoms with Crippen LogP contribution in [0.2, 0.25) is 0 Å². The molecule has 0 aliphatic carbocycles. The lowest BCUT2D eigenvalue weighted by Crippen LogP contribution is -2.43. The minimum Gasteiger partial charge on any atom is -0.308 e. The molecule has 0 heterocycles. The van der Waals surface area contributed by atoms with Gasteiger partial charge in [-0.25, -0.2) is 8.78 Å². The number of carbonyl (C=O) groups excluding carboxylic acids is 1. The summed E-state index contributed by atoms with van der Waals surface area (Å²) in [5.41, 5.74) is -0.0464. The minimum absolute atomic E-state index is 0.0464. The van der Waals surface area contributed by atoms with Gasteiger partial charge in [-0.05, 0) is 46.1 Å². The summed E-state index contributed by atoms with van der Waals surface area (Å²) in [5.74, 6) is -1.77. The van der Waals surface area contributed by atoms with Crippen molar-refractivity contribution in [2.75, 3.05) is 33.7 Å². The number of nitrogens with zero attached hydrogens (tertiary/aromatic N) is 2. The molecule has 1 aromatic carbocycles. The maximum absolute atomic E-state index is 13.7. The summed E-state index contributed by atoms with van der Waals surface area (Å²) >= 11 is 0. The van der Waals surface area contributed by atoms with Gasteiger partial charge in [-0.3, -0.25) is 9.69 Å². The topological polar surface area (TPSA) is 23.6 Å². The van der Waals surface area contributed by atoms with Crippen LogP contribution in [0.4, 0.5) is 8.78 Å². The Kier molecular flexibility index (Phi) is 6.92. The number of likely N-dealkylation sites (N-methyl/N-ethyl adjacent to an activating group) is 1. The molecule has 0 bridgehead atoms. The fourth-order valence-electron chi connectivity index (χ4n) is 2.19. The van der Waals surface area contributed by atoms with E-state index in [-0.39, 0.29) is 11.3 Å². The van der Waals surface area contributed by atoms with Crippen LogP contribution >= 0.6 is 0 Å². The fourth-order valence-corrected chi connectivity index (χ4v) is 2.19. The summed E-state index contributed by atoms with van der Waals surface area (Å²) in [6, 6.07) is 2.67. The summed E-state index contributed by atoms with van der Waals surface area (Å²) in [5, 5.41) is 0. The molecule has 0 aliphatic rings. The first-order valence-corrected chi connectivity index (χ1v) is 7.24. The molecule has 0 saturated heterocycles. The van der Waals surface area contributed by atoms with Gasteiger partial charge in [-0.2, -0.15) is 0 Å². The average Bonchev–Trinajstić information content (AvgIpc) is 2.41. The van der Waals surface area contributed by atoms with E-state index in [1.165, 1.54) is 6.07 Å². The Bertz CT molecular complexity index is 477. The van der Waals surface area contributed by atoms with Crippen LogP contribution in [0, 0.1) is 11.6 Å². The molecular weight excluding hydrogens is 274 g/mol. The third kappa shape index (κ3) is 5.17. The van der Waals surface area contributed by atoms with E-state index in [2.05, 4.69) is 0 Å². The van der Waals surface area contributed by atoms with E-state index >= 15 is 0 Å². The summed E-state index contributed by atoms with van der Waals surface area (Å²) in [4.78, 5) is 16.5. The molecule has 1 rings (SSSR count). The maximum atomic E-state index is 13.7. The lowest BCUT2D eigenvalue weighted by molar-refractivity contribution is 0.0823. The van der Waals surface area contributed by atoms with Crippen LogP contribution in [-0.2, 0) is 0 Å². The van der Waals surface area contributed by atoms with Crippen molar-refractivity contribution >= 4 is 5.78 Å². The molecule has 0 aliphatic heterocycles. The molecule has 118 valence electrons. The predicted octanol–water partition coefficient (Wildman–Crippen LogP) is 2.81. The van der Waals surface area contributed by atoms with E-state index in [1.807, 2.05) is 30.8 Å². The van der Waals surface area contributed by atoms with E-state index < -0.39 is 17.7 Å². The molecule has 0 radical (unpaired) electrons. The molecule has 1 aromatic rings. The van der Waals surface area contributed by atoms with Crippen molar-refractivity contribution in [3.8, 4) is 0 Å². The number of ketones is 1. The molecule has 0 aromatic heterocycles. The molecule has 5 heteroatoms. The summed E-state index contributed by atoms with van der Waals surface area (Å²) in [7, 11) is 3.94. The SMILES string of the molecule is CCCN(CCN(C)C)C(C)C(=O)c1ccc(F)cc1F. The molecular formula is C16H24F2N2O. The van der Waals surface area contributed by atoms with E-state index in [9.17, 15) is 13.6 Å². The minimum atomic E-state index is -0.795. The number of benzene rings is 1. The van der Waals surface area contributed by atoms with Gasteiger partial charge in [0.25, 0.3) is 0 Å². The number of halogens is 2. The van der Waals surface area contributed by atoms with E-state index in [0.717, 1.165) is 38.2 Å². The number of hydrogen-bond donors (Lipinski definition) is 0. The highest BCUT2D eigenvalue weighted by atomic mass is 19.1. The first-order valence-electron chi connectivity index (χ1n) is 7.24. The van der Waals surface area contributed by atoms with E-state index in [4.69, 9.17) is 0 Å². The quantitative estimate of drug-likeness (QED) is 0.690. The van der Waals surface area contributed by atoms with Gasteiger partial charge in [0.05, 0.1) is 11.6 Å². The smallest absolute Gasteiger partial charge is 0.182 e. The molecule has 21 heavy (non-hydrogen) atoms. The summed E-state index contributed by atoms with van der Waals surface area (Å²) < 4.78 is 26.7. The highest BCUT2D eigenvalue weighted by Crippen LogP contribution is 2.15. The van der Waals surface area contributed by atoms with Crippen molar-refractivity contribution in [2.45, 2.75) is 26.3 Å². The molecule has 1 atom stereocenters. The Balaban J connectivity index is 2.86. The van der Waals surface area contributed by atoms with Gasteiger partial charge in [0.2, 0.25) is 0 Å². The van der Waals surface area contributed by atoms with Crippen molar-refractivity contribution in [2.24, 2.45) is 0 Å². The number of carbonyl (C=O) groups is 1. The zero-order valence-corrected chi connectivity index (χ0v) is 13.2. The Hall–Kier alpha value is -1.33. The first kappa shape index (κ1) is 17.7. The zero-order valence-electron chi connectivity index (χ0n) is 13.2. The predicted molar refractivity (Wildman–Crippen MR) is 80.6 cm³/mol. The maximum Gasteiger partial charge on any atom is 0.182 e. The van der Waals surface area contributed by atoms with Gasteiger partial charge < -0.3 is 4.90 Å². The highest BCUT2D eigenvalue weighted by molar-refractivity contribution is 6.00. The Morgan fingerprint density at radius 3 is 2.38 bits per heavy atom. The normalized spacial score (nSPS) is 13.0. The standard InChI is InChI=1S/C16H24F2N2O/c1-5-8-20(10-9-19(3)4)12(2)16(21)14-7-6-13(17)11-15(14)18/h6-7,11-12H,5,8-10H2,1-4H3. The van der Waals surface area contributed by atoms with Crippen molar-refractivity contribution in [3.63, 3.8) is 0 Å². The number of Topliss-reactive ketones (excluding diaryl/α,β-unsaturated/α-hetero) is 1. The zero-order chi connectivity index (χ0) is 16.0. The molecule has 0 amide bonds. The molecule has 1 unspecified atom stereocenters. The van der Waals surface area contributed by atoms with Crippen LogP contribution in [0.3, 0.4) is 0 Å². The fraction of sp³-hybridized carbons (Fsp3) is 0.562. The van der Waals surface area contributed by atoms with Crippen LogP contribution in [0.15, 0.2) is 18.2 Å². The van der Waals surface area contributed by atoms with Crippen molar-refractivity contribution in [1.82, 2.24) is 9.80 Å². The Morgan fingerprint density at radius 1 is 1.19 bits per heavy atom. The average molecular weight is 298 g/mol. The third-order valence-corrected chi connectivity index (χ3v) is 3.47. The van der Waals surface area contributed by atoms with E-state index in [1.54, 1.807) is 6.92 Å². The van der Waals surface area contributed by atoms with Crippen LogP contribution in [0.25, 0.3) is 0 Å². The van der Waals surface area contributed by atoms with Gasteiger partial charge in [-0.1, -0.05) is 6.92 Å². The van der Waals surface area contributed by atoms with Crippen molar-refractivity contribution < 1.29 is 13.6 Å². The van der Waals surface area contributed by atoms with Gasteiger partial charge in [0, 0.05) is 19.2 Å². The van der Waals surface area contributed by atoms with Crippen LogP contribution in [-0.4, -0.2) is 55.4 Å². The monoisotopic (exact) mass is 298 g/mol. The second kappa shape index (κ2) is 8.20. The van der Waals surface area contributed by atoms with Crippen LogP contribution < -0.4 is 0 Å². The van der Waals surface area contributed by atoms with Gasteiger partial charge in [0.1, 0.15) is 11.6 Å². The van der Waals surface area contributed by atoms with E-state index in [0.29, 0.717) is 0 Å². The number of rotatable bonds is 8.